The number of halogens is 7. The lowest BCUT2D eigenvalue weighted by molar-refractivity contribution is -0.216. The molecule has 1 aromatic carbocycles. The molecule has 9 nitrogen and oxygen atoms in total. The van der Waals surface area contributed by atoms with E-state index in [1.165, 1.54) is 0 Å². The van der Waals surface area contributed by atoms with Crippen LogP contribution in [-0.4, -0.2) is 66.3 Å². The number of aromatic nitrogens is 1. The normalized spacial score (nSPS) is 17.1. The molecule has 1 amide bonds. The minimum Gasteiger partial charge on any atom is -0.474 e. The first-order valence-electron chi connectivity index (χ1n) is 12.5. The summed E-state index contributed by atoms with van der Waals surface area (Å²) in [4.78, 5) is 33.5. The third kappa shape index (κ3) is 7.67. The molecule has 2 fully saturated rings. The van der Waals surface area contributed by atoms with Gasteiger partial charge in [0.1, 0.15) is 11.9 Å². The Morgan fingerprint density at radius 3 is 2.19 bits per heavy atom. The van der Waals surface area contributed by atoms with Crippen LogP contribution >= 0.6 is 0 Å². The van der Waals surface area contributed by atoms with Gasteiger partial charge in [-0.3, -0.25) is 9.69 Å². The summed E-state index contributed by atoms with van der Waals surface area (Å²) in [6.45, 7) is 1.15. The van der Waals surface area contributed by atoms with Gasteiger partial charge in [0.05, 0.1) is 17.4 Å². The van der Waals surface area contributed by atoms with E-state index in [2.05, 4.69) is 9.82 Å². The molecule has 1 aliphatic carbocycles. The summed E-state index contributed by atoms with van der Waals surface area (Å²) in [5.74, 6) is -6.03. The first-order valence-corrected chi connectivity index (χ1v) is 14.4. The Morgan fingerprint density at radius 2 is 1.69 bits per heavy atom. The van der Waals surface area contributed by atoms with Crippen molar-refractivity contribution in [1.29, 1.82) is 0 Å². The Morgan fingerprint density at radius 1 is 1.05 bits per heavy atom. The fourth-order valence-electron chi connectivity index (χ4n) is 4.41. The Hall–Kier alpha value is -3.47. The summed E-state index contributed by atoms with van der Waals surface area (Å²) < 4.78 is 120. The summed E-state index contributed by atoms with van der Waals surface area (Å²) in [6, 6.07) is 4.07. The number of hydrogen-bond donors (Lipinski definition) is 0. The molecule has 0 spiro atoms. The monoisotopic (exact) mass is 627 g/mol. The van der Waals surface area contributed by atoms with E-state index in [1.807, 2.05) is 4.90 Å². The minimum absolute atomic E-state index is 0.0452. The molecule has 17 heteroatoms. The van der Waals surface area contributed by atoms with Crippen LogP contribution in [0, 0.1) is 5.82 Å². The second-order valence-electron chi connectivity index (χ2n) is 9.95. The van der Waals surface area contributed by atoms with Crippen LogP contribution in [0.25, 0.3) is 0 Å². The number of carbonyl (C=O) groups excluding carboxylic acids is 2. The lowest BCUT2D eigenvalue weighted by Crippen LogP contribution is -2.42. The van der Waals surface area contributed by atoms with E-state index in [-0.39, 0.29) is 24.4 Å². The van der Waals surface area contributed by atoms with Gasteiger partial charge in [-0.1, -0.05) is 4.47 Å². The summed E-state index contributed by atoms with van der Waals surface area (Å²) in [5, 5.41) is 0. The van der Waals surface area contributed by atoms with E-state index in [9.17, 15) is 44.3 Å². The third-order valence-corrected chi connectivity index (χ3v) is 7.46. The quantitative estimate of drug-likeness (QED) is 0.325. The van der Waals surface area contributed by atoms with Crippen LogP contribution in [0.5, 0.6) is 5.88 Å². The number of benzene rings is 1. The van der Waals surface area contributed by atoms with E-state index in [1.54, 1.807) is 0 Å². The van der Waals surface area contributed by atoms with E-state index in [0.29, 0.717) is 62.4 Å². The van der Waals surface area contributed by atoms with Gasteiger partial charge in [-0.25, -0.2) is 22.6 Å². The molecule has 1 aliphatic heterocycles. The lowest BCUT2D eigenvalue weighted by Gasteiger charge is -2.32. The lowest BCUT2D eigenvalue weighted by atomic mass is 9.97. The van der Waals surface area contributed by atoms with Crippen LogP contribution < -0.4 is 4.74 Å². The molecule has 0 unspecified atom stereocenters. The molecule has 2 aliphatic rings. The predicted molar refractivity (Wildman–Crippen MR) is 130 cm³/mol. The van der Waals surface area contributed by atoms with Gasteiger partial charge in [0.25, 0.3) is 10.0 Å². The van der Waals surface area contributed by atoms with Crippen molar-refractivity contribution in [3.63, 3.8) is 0 Å². The molecule has 1 saturated heterocycles. The molecule has 2 aromatic rings. The zero-order valence-corrected chi connectivity index (χ0v) is 22.7. The number of hydrogen-bond acceptors (Lipinski definition) is 8. The Bertz CT molecular complexity index is 1440. The molecule has 0 radical (unpaired) electrons. The average molecular weight is 628 g/mol. The molecular formula is C25H24F7N3O6S. The zero-order valence-electron chi connectivity index (χ0n) is 21.8. The van der Waals surface area contributed by atoms with Crippen LogP contribution in [-0.2, 0) is 32.4 Å². The van der Waals surface area contributed by atoms with Gasteiger partial charge < -0.3 is 9.57 Å². The number of ether oxygens (including phenoxy) is 1. The van der Waals surface area contributed by atoms with Gasteiger partial charge in [0, 0.05) is 31.9 Å². The summed E-state index contributed by atoms with van der Waals surface area (Å²) in [7, 11) is -4.87. The van der Waals surface area contributed by atoms with Gasteiger partial charge in [-0.2, -0.15) is 26.3 Å². The number of piperidine rings is 1. The second kappa shape index (κ2) is 11.7. The Labute approximate surface area is 235 Å². The maximum Gasteiger partial charge on any atom is 0.493 e. The molecule has 230 valence electrons. The first kappa shape index (κ1) is 31.5. The largest absolute Gasteiger partial charge is 0.493 e. The fourth-order valence-corrected chi connectivity index (χ4v) is 5.01. The van der Waals surface area contributed by atoms with Crippen molar-refractivity contribution < 1.29 is 58.3 Å². The van der Waals surface area contributed by atoms with Crippen molar-refractivity contribution in [1.82, 2.24) is 14.4 Å². The molecule has 0 bridgehead atoms. The number of carbonyl (C=O) groups is 2. The van der Waals surface area contributed by atoms with Gasteiger partial charge in [0.2, 0.25) is 5.88 Å². The van der Waals surface area contributed by atoms with E-state index >= 15 is 4.39 Å². The maximum atomic E-state index is 15.1. The smallest absolute Gasteiger partial charge is 0.474 e. The molecule has 0 atom stereocenters. The Balaban J connectivity index is 1.45. The molecular weight excluding hydrogens is 603 g/mol. The van der Waals surface area contributed by atoms with Crippen LogP contribution in [0.3, 0.4) is 0 Å². The van der Waals surface area contributed by atoms with Crippen LogP contribution in [0.2, 0.25) is 0 Å². The average Bonchev–Trinajstić information content (AvgIpc) is 3.72. The van der Waals surface area contributed by atoms with Crippen LogP contribution in [0.1, 0.15) is 58.6 Å². The number of sulfonamides is 1. The predicted octanol–water partition coefficient (Wildman–Crippen LogP) is 4.58. The van der Waals surface area contributed by atoms with E-state index < -0.39 is 55.7 Å². The highest BCUT2D eigenvalue weighted by Gasteiger charge is 2.46. The molecule has 1 saturated carbocycles. The van der Waals surface area contributed by atoms with Gasteiger partial charge in [0.15, 0.2) is 0 Å². The van der Waals surface area contributed by atoms with Crippen molar-refractivity contribution in [3.05, 3.63) is 58.5 Å². The van der Waals surface area contributed by atoms with Crippen molar-refractivity contribution in [2.24, 2.45) is 0 Å². The minimum atomic E-state index is -5.61. The number of nitrogens with zero attached hydrogens (tertiary/aromatic N) is 3. The zero-order chi connectivity index (χ0) is 31.0. The van der Waals surface area contributed by atoms with Crippen molar-refractivity contribution in [2.75, 3.05) is 19.3 Å². The van der Waals surface area contributed by atoms with E-state index in [4.69, 9.17) is 4.74 Å². The number of pyridine rings is 1. The summed E-state index contributed by atoms with van der Waals surface area (Å²) in [6.07, 6.45) is -7.13. The highest BCUT2D eigenvalue weighted by Crippen LogP contribution is 2.43. The van der Waals surface area contributed by atoms with Gasteiger partial charge in [-0.15, -0.1) is 0 Å². The number of hydroxylamine groups is 1. The van der Waals surface area contributed by atoms with Crippen molar-refractivity contribution in [2.45, 2.75) is 56.6 Å². The maximum absolute atomic E-state index is 15.1. The Kier molecular flexibility index (Phi) is 8.74. The third-order valence-electron chi connectivity index (χ3n) is 6.62. The number of likely N-dealkylation sites (tertiary alicyclic amines) is 1. The van der Waals surface area contributed by atoms with Crippen molar-refractivity contribution in [3.8, 4) is 5.88 Å². The van der Waals surface area contributed by atoms with Crippen LogP contribution in [0.4, 0.5) is 30.7 Å². The molecule has 4 rings (SSSR count). The highest BCUT2D eigenvalue weighted by atomic mass is 32.2. The van der Waals surface area contributed by atoms with Gasteiger partial charge >= 0.3 is 24.2 Å². The molecule has 42 heavy (non-hydrogen) atoms. The molecule has 0 N–H and O–H groups in total. The topological polar surface area (TPSA) is 106 Å². The molecule has 1 aromatic heterocycles. The van der Waals surface area contributed by atoms with Gasteiger partial charge in [-0.05, 0) is 60.9 Å². The molecule has 2 heterocycles. The number of alkyl halides is 6. The van der Waals surface area contributed by atoms with E-state index in [0.717, 1.165) is 24.3 Å². The fraction of sp³-hybridized carbons (Fsp3) is 0.480. The SMILES string of the molecule is CS(=O)(=O)N(OC(=O)C(F)(F)F)C(=O)c1cc(C2CC2)c(CN2CCC(Oc3ccc(C(F)(F)F)cn3)CC2)cc1F. The number of amides is 1. The summed E-state index contributed by atoms with van der Waals surface area (Å²) >= 11 is 0. The number of rotatable bonds is 7. The summed E-state index contributed by atoms with van der Waals surface area (Å²) in [5.41, 5.74) is -0.796. The van der Waals surface area contributed by atoms with Crippen molar-refractivity contribution >= 4 is 21.9 Å². The standard InChI is InChI=1S/C25H24F7N3O6S/c1-42(38,39)35(41-23(37)25(30,31)32)22(36)19-11-18(14-2-3-14)15(10-20(19)26)13-34-8-6-17(7-9-34)40-21-5-4-16(12-33-21)24(27,28)29/h4-5,10-12,14,17H,2-3,6-9,13H2,1H3. The first-order chi connectivity index (χ1) is 19.4. The second-order valence-corrected chi connectivity index (χ2v) is 11.8. The van der Waals surface area contributed by atoms with Crippen LogP contribution in [0.15, 0.2) is 30.5 Å². The highest BCUT2D eigenvalue weighted by molar-refractivity contribution is 7.88.